The number of alkyl halides is 3. The lowest BCUT2D eigenvalue weighted by Crippen LogP contribution is -2.41. The summed E-state index contributed by atoms with van der Waals surface area (Å²) in [6.07, 6.45) is -4.77. The first kappa shape index (κ1) is 18.7. The molecule has 2 N–H and O–H groups in total. The van der Waals surface area contributed by atoms with Crippen molar-refractivity contribution in [3.63, 3.8) is 0 Å². The van der Waals surface area contributed by atoms with Crippen LogP contribution in [0.3, 0.4) is 0 Å². The van der Waals surface area contributed by atoms with Gasteiger partial charge >= 0.3 is 12.1 Å². The van der Waals surface area contributed by atoms with E-state index >= 15 is 0 Å². The van der Waals surface area contributed by atoms with Crippen molar-refractivity contribution in [2.75, 3.05) is 0 Å². The van der Waals surface area contributed by atoms with Gasteiger partial charge < -0.3 is 10.4 Å². The minimum absolute atomic E-state index is 0.0747. The van der Waals surface area contributed by atoms with Gasteiger partial charge in [0.1, 0.15) is 11.8 Å². The molecule has 126 valence electrons. The zero-order valence-corrected chi connectivity index (χ0v) is 12.3. The van der Waals surface area contributed by atoms with Gasteiger partial charge in [0.25, 0.3) is 5.91 Å². The molecular weight excluding hydrogens is 315 g/mol. The average Bonchev–Trinajstić information content (AvgIpc) is 2.49. The Labute approximate surface area is 130 Å². The number of rotatable bonds is 7. The van der Waals surface area contributed by atoms with Crippen molar-refractivity contribution in [1.82, 2.24) is 5.32 Å². The van der Waals surface area contributed by atoms with Gasteiger partial charge in [-0.05, 0) is 18.6 Å². The number of carboxylic acid groups (broad SMARTS) is 1. The predicted octanol–water partition coefficient (Wildman–Crippen LogP) is 2.65. The fraction of sp³-hybridized carbons (Fsp3) is 0.400. The van der Waals surface area contributed by atoms with Crippen LogP contribution in [0.2, 0.25) is 0 Å². The maximum atomic E-state index is 12.9. The standard InChI is InChI=1S/C15H16F3NO4/c1-2-9(20)7-8-12(14(22)23)19-13(21)10-5-3-4-6-11(10)15(16,17)18/h3-6,12H,2,7-8H2,1H3,(H,19,21)(H,22,23)/t12-/m0/s1. The SMILES string of the molecule is CCC(=O)CC[C@H](NC(=O)c1ccccc1C(F)(F)F)C(=O)O. The van der Waals surface area contributed by atoms with E-state index in [2.05, 4.69) is 0 Å². The zero-order valence-electron chi connectivity index (χ0n) is 12.3. The van der Waals surface area contributed by atoms with E-state index in [9.17, 15) is 27.6 Å². The normalized spacial score (nSPS) is 12.5. The number of halogens is 3. The van der Waals surface area contributed by atoms with Crippen LogP contribution >= 0.6 is 0 Å². The van der Waals surface area contributed by atoms with Gasteiger partial charge in [0.15, 0.2) is 0 Å². The molecule has 1 aromatic carbocycles. The molecule has 1 amide bonds. The molecule has 1 rings (SSSR count). The molecular formula is C15H16F3NO4. The van der Waals surface area contributed by atoms with Crippen LogP contribution in [0.4, 0.5) is 13.2 Å². The van der Waals surface area contributed by atoms with Crippen LogP contribution in [0.15, 0.2) is 24.3 Å². The average molecular weight is 331 g/mol. The Hall–Kier alpha value is -2.38. The summed E-state index contributed by atoms with van der Waals surface area (Å²) in [5.74, 6) is -2.75. The molecule has 0 saturated heterocycles. The molecule has 0 spiro atoms. The molecule has 0 radical (unpaired) electrons. The molecule has 0 bridgehead atoms. The van der Waals surface area contributed by atoms with Crippen molar-refractivity contribution >= 4 is 17.7 Å². The second-order valence-electron chi connectivity index (χ2n) is 4.84. The smallest absolute Gasteiger partial charge is 0.417 e. The third kappa shape index (κ3) is 5.39. The minimum Gasteiger partial charge on any atom is -0.480 e. The summed E-state index contributed by atoms with van der Waals surface area (Å²) in [6, 6.07) is 2.66. The highest BCUT2D eigenvalue weighted by molar-refractivity contribution is 5.98. The lowest BCUT2D eigenvalue weighted by Gasteiger charge is -2.16. The number of benzene rings is 1. The molecule has 0 fully saturated rings. The Morgan fingerprint density at radius 2 is 1.83 bits per heavy atom. The Morgan fingerprint density at radius 1 is 1.22 bits per heavy atom. The molecule has 0 aromatic heterocycles. The highest BCUT2D eigenvalue weighted by atomic mass is 19.4. The summed E-state index contributed by atoms with van der Waals surface area (Å²) in [7, 11) is 0. The Morgan fingerprint density at radius 3 is 2.35 bits per heavy atom. The lowest BCUT2D eigenvalue weighted by atomic mass is 10.0. The van der Waals surface area contributed by atoms with Crippen LogP contribution in [0, 0.1) is 0 Å². The van der Waals surface area contributed by atoms with E-state index in [0.29, 0.717) is 0 Å². The van der Waals surface area contributed by atoms with Gasteiger partial charge in [-0.2, -0.15) is 13.2 Å². The van der Waals surface area contributed by atoms with Crippen LogP contribution in [0.25, 0.3) is 0 Å². The van der Waals surface area contributed by atoms with E-state index in [-0.39, 0.29) is 25.0 Å². The lowest BCUT2D eigenvalue weighted by molar-refractivity contribution is -0.139. The fourth-order valence-electron chi connectivity index (χ4n) is 1.90. The number of ketones is 1. The van der Waals surface area contributed by atoms with Gasteiger partial charge in [-0.3, -0.25) is 9.59 Å². The van der Waals surface area contributed by atoms with Crippen molar-refractivity contribution in [3.05, 3.63) is 35.4 Å². The maximum absolute atomic E-state index is 12.9. The first-order valence-electron chi connectivity index (χ1n) is 6.88. The summed E-state index contributed by atoms with van der Waals surface area (Å²) in [5, 5.41) is 11.1. The molecule has 8 heteroatoms. The second kappa shape index (κ2) is 7.75. The number of hydrogen-bond donors (Lipinski definition) is 2. The quantitative estimate of drug-likeness (QED) is 0.804. The number of nitrogens with one attached hydrogen (secondary N) is 1. The number of aliphatic carboxylic acids is 1. The molecule has 23 heavy (non-hydrogen) atoms. The molecule has 0 aliphatic rings. The third-order valence-corrected chi connectivity index (χ3v) is 3.19. The van der Waals surface area contributed by atoms with Gasteiger partial charge in [-0.25, -0.2) is 4.79 Å². The largest absolute Gasteiger partial charge is 0.480 e. The van der Waals surface area contributed by atoms with E-state index in [4.69, 9.17) is 5.11 Å². The molecule has 0 aliphatic heterocycles. The number of carbonyl (C=O) groups is 3. The molecule has 0 aliphatic carbocycles. The van der Waals surface area contributed by atoms with Crippen LogP contribution in [0.5, 0.6) is 0 Å². The van der Waals surface area contributed by atoms with Gasteiger partial charge in [0, 0.05) is 12.8 Å². The number of carbonyl (C=O) groups excluding carboxylic acids is 2. The van der Waals surface area contributed by atoms with Crippen molar-refractivity contribution in [2.45, 2.75) is 38.4 Å². The summed E-state index contributed by atoms with van der Waals surface area (Å²) in [4.78, 5) is 34.3. The predicted molar refractivity (Wildman–Crippen MR) is 74.9 cm³/mol. The summed E-state index contributed by atoms with van der Waals surface area (Å²) in [6.45, 7) is 1.61. The van der Waals surface area contributed by atoms with E-state index < -0.39 is 35.2 Å². The van der Waals surface area contributed by atoms with Gasteiger partial charge in [0.05, 0.1) is 11.1 Å². The third-order valence-electron chi connectivity index (χ3n) is 3.19. The highest BCUT2D eigenvalue weighted by Gasteiger charge is 2.35. The number of hydrogen-bond acceptors (Lipinski definition) is 3. The van der Waals surface area contributed by atoms with Gasteiger partial charge in [0.2, 0.25) is 0 Å². The molecule has 5 nitrogen and oxygen atoms in total. The second-order valence-corrected chi connectivity index (χ2v) is 4.84. The van der Waals surface area contributed by atoms with Crippen LogP contribution in [-0.2, 0) is 15.8 Å². The van der Waals surface area contributed by atoms with Crippen molar-refractivity contribution in [3.8, 4) is 0 Å². The van der Waals surface area contributed by atoms with Gasteiger partial charge in [-0.15, -0.1) is 0 Å². The topological polar surface area (TPSA) is 83.5 Å². The van der Waals surface area contributed by atoms with E-state index in [1.807, 2.05) is 5.32 Å². The van der Waals surface area contributed by atoms with E-state index in [0.717, 1.165) is 18.2 Å². The Balaban J connectivity index is 2.92. The van der Waals surface area contributed by atoms with E-state index in [1.54, 1.807) is 6.92 Å². The van der Waals surface area contributed by atoms with Crippen LogP contribution < -0.4 is 5.32 Å². The van der Waals surface area contributed by atoms with Crippen molar-refractivity contribution < 1.29 is 32.7 Å². The number of carboxylic acids is 1. The number of Topliss-reactive ketones (excluding diaryl/α,β-unsaturated/α-hetero) is 1. The molecule has 1 atom stereocenters. The summed E-state index contributed by atoms with van der Waals surface area (Å²) in [5.41, 5.74) is -1.81. The summed E-state index contributed by atoms with van der Waals surface area (Å²) < 4.78 is 38.6. The Bertz CT molecular complexity index is 599. The Kier molecular flexibility index (Phi) is 6.29. The zero-order chi connectivity index (χ0) is 17.6. The molecule has 0 heterocycles. The first-order chi connectivity index (χ1) is 10.7. The monoisotopic (exact) mass is 331 g/mol. The summed E-state index contributed by atoms with van der Waals surface area (Å²) >= 11 is 0. The fourth-order valence-corrected chi connectivity index (χ4v) is 1.90. The van der Waals surface area contributed by atoms with Crippen LogP contribution in [0.1, 0.15) is 42.1 Å². The highest BCUT2D eigenvalue weighted by Crippen LogP contribution is 2.31. The van der Waals surface area contributed by atoms with Gasteiger partial charge in [-0.1, -0.05) is 19.1 Å². The van der Waals surface area contributed by atoms with Crippen LogP contribution in [-0.4, -0.2) is 28.8 Å². The first-order valence-corrected chi connectivity index (χ1v) is 6.88. The number of amides is 1. The van der Waals surface area contributed by atoms with Crippen molar-refractivity contribution in [2.24, 2.45) is 0 Å². The minimum atomic E-state index is -4.73. The van der Waals surface area contributed by atoms with E-state index in [1.165, 1.54) is 6.07 Å². The van der Waals surface area contributed by atoms with Crippen molar-refractivity contribution in [1.29, 1.82) is 0 Å². The molecule has 0 saturated carbocycles. The molecule has 1 aromatic rings. The maximum Gasteiger partial charge on any atom is 0.417 e. The molecule has 0 unspecified atom stereocenters.